The van der Waals surface area contributed by atoms with Gasteiger partial charge in [0.15, 0.2) is 0 Å². The number of rotatable bonds is 6. The Kier molecular flexibility index (Phi) is 4.96. The minimum absolute atomic E-state index is 0.0506. The van der Waals surface area contributed by atoms with Crippen LogP contribution in [0.2, 0.25) is 0 Å². The van der Waals surface area contributed by atoms with Gasteiger partial charge in [-0.15, -0.1) is 0 Å². The molecule has 1 atom stereocenters. The Morgan fingerprint density at radius 2 is 1.95 bits per heavy atom. The van der Waals surface area contributed by atoms with Crippen molar-refractivity contribution in [2.75, 3.05) is 26.3 Å². The summed E-state index contributed by atoms with van der Waals surface area (Å²) in [5, 5.41) is 2.68. The summed E-state index contributed by atoms with van der Waals surface area (Å²) in [5.74, 6) is -0.232. The van der Waals surface area contributed by atoms with Gasteiger partial charge in [-0.3, -0.25) is 9.59 Å². The van der Waals surface area contributed by atoms with Gasteiger partial charge in [-0.1, -0.05) is 37.3 Å². The van der Waals surface area contributed by atoms with Crippen LogP contribution < -0.4 is 5.32 Å². The number of nitrogens with zero attached hydrogens (tertiary/aromatic N) is 1. The van der Waals surface area contributed by atoms with Gasteiger partial charge in [0.05, 0.1) is 13.2 Å². The highest BCUT2D eigenvalue weighted by Crippen LogP contribution is 2.30. The first-order valence-corrected chi connectivity index (χ1v) is 7.32. The van der Waals surface area contributed by atoms with Crippen LogP contribution in [0.25, 0.3) is 0 Å². The molecule has 1 N–H and O–H groups in total. The summed E-state index contributed by atoms with van der Waals surface area (Å²) >= 11 is 0. The first-order chi connectivity index (χ1) is 10.1. The molecule has 1 heterocycles. The average molecular weight is 290 g/mol. The number of benzene rings is 1. The molecule has 0 aromatic heterocycles. The molecule has 1 aliphatic heterocycles. The standard InChI is InChI=1S/C16H22N2O3/c1-3-10-21-11-9-18-14(19)12-17-15(20)16(18,2)13-7-5-4-6-8-13/h4-8H,3,9-12H2,1-2H3,(H,17,20). The summed E-state index contributed by atoms with van der Waals surface area (Å²) in [4.78, 5) is 26.3. The van der Waals surface area contributed by atoms with Gasteiger partial charge >= 0.3 is 0 Å². The fourth-order valence-corrected chi connectivity index (χ4v) is 2.60. The summed E-state index contributed by atoms with van der Waals surface area (Å²) in [7, 11) is 0. The highest BCUT2D eigenvalue weighted by molar-refractivity contribution is 5.98. The van der Waals surface area contributed by atoms with Gasteiger partial charge in [-0.2, -0.15) is 0 Å². The molecule has 1 aliphatic rings. The molecule has 1 aromatic carbocycles. The van der Waals surface area contributed by atoms with E-state index in [2.05, 4.69) is 5.32 Å². The van der Waals surface area contributed by atoms with Crippen LogP contribution in [0.4, 0.5) is 0 Å². The van der Waals surface area contributed by atoms with Crippen molar-refractivity contribution < 1.29 is 14.3 Å². The molecule has 1 saturated heterocycles. The van der Waals surface area contributed by atoms with E-state index in [0.717, 1.165) is 12.0 Å². The Balaban J connectivity index is 2.24. The quantitative estimate of drug-likeness (QED) is 0.803. The fraction of sp³-hybridized carbons (Fsp3) is 0.500. The van der Waals surface area contributed by atoms with Crippen molar-refractivity contribution in [2.45, 2.75) is 25.8 Å². The average Bonchev–Trinajstić information content (AvgIpc) is 2.51. The van der Waals surface area contributed by atoms with E-state index >= 15 is 0 Å². The van der Waals surface area contributed by atoms with E-state index in [1.165, 1.54) is 0 Å². The molecule has 114 valence electrons. The number of ether oxygens (including phenoxy) is 1. The summed E-state index contributed by atoms with van der Waals surface area (Å²) in [6.45, 7) is 5.39. The van der Waals surface area contributed by atoms with Crippen molar-refractivity contribution in [1.82, 2.24) is 10.2 Å². The topological polar surface area (TPSA) is 58.6 Å². The van der Waals surface area contributed by atoms with E-state index in [0.29, 0.717) is 19.8 Å². The van der Waals surface area contributed by atoms with Crippen molar-refractivity contribution in [1.29, 1.82) is 0 Å². The van der Waals surface area contributed by atoms with Gasteiger partial charge in [0, 0.05) is 13.2 Å². The van der Waals surface area contributed by atoms with Crippen LogP contribution >= 0.6 is 0 Å². The second-order valence-corrected chi connectivity index (χ2v) is 5.28. The molecular weight excluding hydrogens is 268 g/mol. The predicted octanol–water partition coefficient (Wildman–Crippen LogP) is 1.29. The van der Waals surface area contributed by atoms with E-state index in [1.807, 2.05) is 37.3 Å². The van der Waals surface area contributed by atoms with Gasteiger partial charge < -0.3 is 15.0 Å². The fourth-order valence-electron chi connectivity index (χ4n) is 2.60. The molecule has 5 heteroatoms. The SMILES string of the molecule is CCCOCCN1C(=O)CNC(=O)C1(C)c1ccccc1. The molecule has 2 amide bonds. The van der Waals surface area contributed by atoms with Crippen LogP contribution in [-0.2, 0) is 19.9 Å². The number of carbonyl (C=O) groups excluding carboxylic acids is 2. The molecule has 21 heavy (non-hydrogen) atoms. The zero-order valence-electron chi connectivity index (χ0n) is 12.6. The van der Waals surface area contributed by atoms with E-state index in [-0.39, 0.29) is 18.4 Å². The maximum absolute atomic E-state index is 12.4. The molecule has 0 spiro atoms. The Labute approximate surface area is 125 Å². The van der Waals surface area contributed by atoms with E-state index in [9.17, 15) is 9.59 Å². The Hall–Kier alpha value is -1.88. The van der Waals surface area contributed by atoms with Crippen molar-refractivity contribution in [3.63, 3.8) is 0 Å². The third-order valence-corrected chi connectivity index (χ3v) is 3.83. The smallest absolute Gasteiger partial charge is 0.250 e. The zero-order valence-corrected chi connectivity index (χ0v) is 12.6. The maximum Gasteiger partial charge on any atom is 0.250 e. The molecule has 0 bridgehead atoms. The van der Waals surface area contributed by atoms with Gasteiger partial charge in [-0.25, -0.2) is 0 Å². The van der Waals surface area contributed by atoms with E-state index < -0.39 is 5.54 Å². The van der Waals surface area contributed by atoms with Crippen molar-refractivity contribution in [2.24, 2.45) is 0 Å². The van der Waals surface area contributed by atoms with Gasteiger partial charge in [-0.05, 0) is 18.9 Å². The largest absolute Gasteiger partial charge is 0.380 e. The molecule has 5 nitrogen and oxygen atoms in total. The highest BCUT2D eigenvalue weighted by atomic mass is 16.5. The number of carbonyl (C=O) groups is 2. The van der Waals surface area contributed by atoms with Crippen LogP contribution in [0.5, 0.6) is 0 Å². The number of nitrogens with one attached hydrogen (secondary N) is 1. The number of hydrogen-bond donors (Lipinski definition) is 1. The third-order valence-electron chi connectivity index (χ3n) is 3.83. The first-order valence-electron chi connectivity index (χ1n) is 7.32. The lowest BCUT2D eigenvalue weighted by Gasteiger charge is -2.43. The van der Waals surface area contributed by atoms with Crippen molar-refractivity contribution in [3.05, 3.63) is 35.9 Å². The van der Waals surface area contributed by atoms with Crippen LogP contribution in [0, 0.1) is 0 Å². The van der Waals surface area contributed by atoms with Gasteiger partial charge in [0.1, 0.15) is 5.54 Å². The Bertz CT molecular complexity index is 504. The summed E-state index contributed by atoms with van der Waals surface area (Å²) in [6.07, 6.45) is 0.935. The molecular formula is C16H22N2O3. The Morgan fingerprint density at radius 1 is 1.24 bits per heavy atom. The summed E-state index contributed by atoms with van der Waals surface area (Å²) < 4.78 is 5.47. The van der Waals surface area contributed by atoms with Crippen molar-refractivity contribution in [3.8, 4) is 0 Å². The van der Waals surface area contributed by atoms with Gasteiger partial charge in [0.2, 0.25) is 5.91 Å². The van der Waals surface area contributed by atoms with Crippen LogP contribution in [0.15, 0.2) is 30.3 Å². The van der Waals surface area contributed by atoms with Gasteiger partial charge in [0.25, 0.3) is 5.91 Å². The molecule has 1 aromatic rings. The lowest BCUT2D eigenvalue weighted by Crippen LogP contribution is -2.64. The first kappa shape index (κ1) is 15.5. The maximum atomic E-state index is 12.4. The van der Waals surface area contributed by atoms with E-state index in [1.54, 1.807) is 11.8 Å². The molecule has 0 saturated carbocycles. The molecule has 2 rings (SSSR count). The number of piperazine rings is 1. The second kappa shape index (κ2) is 6.72. The monoisotopic (exact) mass is 290 g/mol. The lowest BCUT2D eigenvalue weighted by molar-refractivity contribution is -0.154. The molecule has 0 aliphatic carbocycles. The van der Waals surface area contributed by atoms with Crippen LogP contribution in [-0.4, -0.2) is 43.0 Å². The second-order valence-electron chi connectivity index (χ2n) is 5.28. The van der Waals surface area contributed by atoms with Crippen molar-refractivity contribution >= 4 is 11.8 Å². The molecule has 1 fully saturated rings. The minimum atomic E-state index is -0.980. The lowest BCUT2D eigenvalue weighted by atomic mass is 9.87. The third kappa shape index (κ3) is 3.08. The summed E-state index contributed by atoms with van der Waals surface area (Å²) in [5.41, 5.74) is -0.169. The molecule has 1 unspecified atom stereocenters. The predicted molar refractivity (Wildman–Crippen MR) is 79.6 cm³/mol. The Morgan fingerprint density at radius 3 is 2.62 bits per heavy atom. The van der Waals surface area contributed by atoms with Crippen LogP contribution in [0.1, 0.15) is 25.8 Å². The normalized spacial score (nSPS) is 22.3. The van der Waals surface area contributed by atoms with Crippen LogP contribution in [0.3, 0.4) is 0 Å². The minimum Gasteiger partial charge on any atom is -0.380 e. The summed E-state index contributed by atoms with van der Waals surface area (Å²) in [6, 6.07) is 9.39. The van der Waals surface area contributed by atoms with E-state index in [4.69, 9.17) is 4.74 Å². The number of hydrogen-bond acceptors (Lipinski definition) is 3. The molecule has 0 radical (unpaired) electrons. The number of amides is 2. The highest BCUT2D eigenvalue weighted by Gasteiger charge is 2.46. The zero-order chi connectivity index (χ0) is 15.3.